The van der Waals surface area contributed by atoms with Gasteiger partial charge in [-0.3, -0.25) is 0 Å². The standard InChI is InChI=1S/C14H15BrN2O/c1-9(2)12-8-11(15)4-5-13(12)18-14-6-7-16-10(3)17-14/h4-9H,1-3H3. The van der Waals surface area contributed by atoms with Gasteiger partial charge in [0.15, 0.2) is 0 Å². The summed E-state index contributed by atoms with van der Waals surface area (Å²) < 4.78 is 6.89. The summed E-state index contributed by atoms with van der Waals surface area (Å²) in [6, 6.07) is 7.76. The van der Waals surface area contributed by atoms with E-state index in [2.05, 4.69) is 45.8 Å². The van der Waals surface area contributed by atoms with Crippen LogP contribution in [-0.4, -0.2) is 9.97 Å². The van der Waals surface area contributed by atoms with E-state index in [0.29, 0.717) is 17.6 Å². The second-order valence-electron chi connectivity index (χ2n) is 4.38. The van der Waals surface area contributed by atoms with Crippen LogP contribution in [0.1, 0.15) is 31.2 Å². The molecule has 1 heterocycles. The van der Waals surface area contributed by atoms with E-state index >= 15 is 0 Å². The van der Waals surface area contributed by atoms with Crippen molar-refractivity contribution in [2.24, 2.45) is 0 Å². The maximum absolute atomic E-state index is 5.83. The lowest BCUT2D eigenvalue weighted by Gasteiger charge is -2.13. The summed E-state index contributed by atoms with van der Waals surface area (Å²) in [6.07, 6.45) is 1.70. The third kappa shape index (κ3) is 3.07. The molecule has 3 nitrogen and oxygen atoms in total. The summed E-state index contributed by atoms with van der Waals surface area (Å²) in [4.78, 5) is 8.30. The molecule has 0 fully saturated rings. The van der Waals surface area contributed by atoms with Gasteiger partial charge < -0.3 is 4.74 Å². The molecule has 2 aromatic rings. The highest BCUT2D eigenvalue weighted by molar-refractivity contribution is 9.10. The van der Waals surface area contributed by atoms with Crippen molar-refractivity contribution in [1.82, 2.24) is 9.97 Å². The predicted octanol–water partition coefficient (Wildman–Crippen LogP) is 4.46. The van der Waals surface area contributed by atoms with E-state index in [1.54, 1.807) is 12.3 Å². The minimum atomic E-state index is 0.389. The Kier molecular flexibility index (Phi) is 3.97. The molecular formula is C14H15BrN2O. The van der Waals surface area contributed by atoms with Crippen molar-refractivity contribution >= 4 is 15.9 Å². The van der Waals surface area contributed by atoms with Gasteiger partial charge >= 0.3 is 0 Å². The van der Waals surface area contributed by atoms with Crippen molar-refractivity contribution in [3.63, 3.8) is 0 Å². The number of aromatic nitrogens is 2. The lowest BCUT2D eigenvalue weighted by atomic mass is 10.0. The van der Waals surface area contributed by atoms with Gasteiger partial charge in [0, 0.05) is 16.7 Å². The lowest BCUT2D eigenvalue weighted by molar-refractivity contribution is 0.451. The molecular weight excluding hydrogens is 292 g/mol. The third-order valence-electron chi connectivity index (χ3n) is 2.56. The fourth-order valence-electron chi connectivity index (χ4n) is 1.67. The van der Waals surface area contributed by atoms with Gasteiger partial charge in [0.1, 0.15) is 11.6 Å². The van der Waals surface area contributed by atoms with Crippen LogP contribution < -0.4 is 4.74 Å². The Morgan fingerprint density at radius 1 is 1.22 bits per heavy atom. The van der Waals surface area contributed by atoms with Gasteiger partial charge in [0.25, 0.3) is 0 Å². The molecule has 1 aromatic heterocycles. The van der Waals surface area contributed by atoms with Crippen molar-refractivity contribution < 1.29 is 4.74 Å². The summed E-state index contributed by atoms with van der Waals surface area (Å²) in [6.45, 7) is 6.12. The smallest absolute Gasteiger partial charge is 0.222 e. The Morgan fingerprint density at radius 3 is 2.67 bits per heavy atom. The summed E-state index contributed by atoms with van der Waals surface area (Å²) in [5.74, 6) is 2.51. The molecule has 0 atom stereocenters. The van der Waals surface area contributed by atoms with Crippen molar-refractivity contribution in [1.29, 1.82) is 0 Å². The van der Waals surface area contributed by atoms with E-state index in [1.807, 2.05) is 19.1 Å². The van der Waals surface area contributed by atoms with Crippen LogP contribution in [-0.2, 0) is 0 Å². The van der Waals surface area contributed by atoms with Crippen molar-refractivity contribution in [2.45, 2.75) is 26.7 Å². The first-order valence-electron chi connectivity index (χ1n) is 5.83. The van der Waals surface area contributed by atoms with Gasteiger partial charge in [0.2, 0.25) is 5.88 Å². The monoisotopic (exact) mass is 306 g/mol. The Labute approximate surface area is 115 Å². The summed E-state index contributed by atoms with van der Waals surface area (Å²) in [5, 5.41) is 0. The van der Waals surface area contributed by atoms with Crippen molar-refractivity contribution in [3.8, 4) is 11.6 Å². The number of nitrogens with zero attached hydrogens (tertiary/aromatic N) is 2. The maximum atomic E-state index is 5.83. The number of benzene rings is 1. The molecule has 0 amide bonds. The van der Waals surface area contributed by atoms with Crippen molar-refractivity contribution in [2.75, 3.05) is 0 Å². The van der Waals surface area contributed by atoms with Crippen LogP contribution in [0.4, 0.5) is 0 Å². The maximum Gasteiger partial charge on any atom is 0.222 e. The second kappa shape index (κ2) is 5.48. The fraction of sp³-hybridized carbons (Fsp3) is 0.286. The van der Waals surface area contributed by atoms with Crippen LogP contribution in [0, 0.1) is 6.92 Å². The van der Waals surface area contributed by atoms with Crippen LogP contribution in [0.25, 0.3) is 0 Å². The first-order valence-corrected chi connectivity index (χ1v) is 6.62. The van der Waals surface area contributed by atoms with E-state index < -0.39 is 0 Å². The normalized spacial score (nSPS) is 10.7. The molecule has 4 heteroatoms. The molecule has 0 aliphatic heterocycles. The van der Waals surface area contributed by atoms with Crippen LogP contribution in [0.15, 0.2) is 34.9 Å². The van der Waals surface area contributed by atoms with E-state index in [4.69, 9.17) is 4.74 Å². The number of hydrogen-bond donors (Lipinski definition) is 0. The quantitative estimate of drug-likeness (QED) is 0.839. The highest BCUT2D eigenvalue weighted by Gasteiger charge is 2.10. The number of halogens is 1. The highest BCUT2D eigenvalue weighted by atomic mass is 79.9. The molecule has 18 heavy (non-hydrogen) atoms. The van der Waals surface area contributed by atoms with Gasteiger partial charge in [-0.05, 0) is 36.6 Å². The zero-order valence-electron chi connectivity index (χ0n) is 10.6. The average molecular weight is 307 g/mol. The molecule has 0 aliphatic carbocycles. The predicted molar refractivity (Wildman–Crippen MR) is 75.1 cm³/mol. The summed E-state index contributed by atoms with van der Waals surface area (Å²) in [5.41, 5.74) is 1.15. The van der Waals surface area contributed by atoms with Gasteiger partial charge in [-0.25, -0.2) is 4.98 Å². The number of aryl methyl sites for hydroxylation is 1. The lowest BCUT2D eigenvalue weighted by Crippen LogP contribution is -1.96. The van der Waals surface area contributed by atoms with E-state index in [1.165, 1.54) is 0 Å². The fourth-order valence-corrected chi connectivity index (χ4v) is 2.05. The number of rotatable bonds is 3. The molecule has 0 spiro atoms. The van der Waals surface area contributed by atoms with Crippen LogP contribution in [0.3, 0.4) is 0 Å². The average Bonchev–Trinajstić information content (AvgIpc) is 2.31. The third-order valence-corrected chi connectivity index (χ3v) is 3.05. The SMILES string of the molecule is Cc1nccc(Oc2ccc(Br)cc2C(C)C)n1. The van der Waals surface area contributed by atoms with Crippen LogP contribution >= 0.6 is 15.9 Å². The van der Waals surface area contributed by atoms with Crippen LogP contribution in [0.5, 0.6) is 11.6 Å². The molecule has 0 saturated carbocycles. The summed E-state index contributed by atoms with van der Waals surface area (Å²) in [7, 11) is 0. The molecule has 0 saturated heterocycles. The highest BCUT2D eigenvalue weighted by Crippen LogP contribution is 2.32. The molecule has 0 bridgehead atoms. The molecule has 0 aliphatic rings. The van der Waals surface area contributed by atoms with Crippen molar-refractivity contribution in [3.05, 3.63) is 46.3 Å². The minimum Gasteiger partial charge on any atom is -0.439 e. The number of hydrogen-bond acceptors (Lipinski definition) is 3. The Bertz CT molecular complexity index is 555. The molecule has 94 valence electrons. The second-order valence-corrected chi connectivity index (χ2v) is 5.30. The zero-order valence-corrected chi connectivity index (χ0v) is 12.2. The minimum absolute atomic E-state index is 0.389. The molecule has 0 unspecified atom stereocenters. The molecule has 1 aromatic carbocycles. The first-order chi connectivity index (χ1) is 8.56. The molecule has 0 radical (unpaired) electrons. The zero-order chi connectivity index (χ0) is 13.1. The Morgan fingerprint density at radius 2 is 2.00 bits per heavy atom. The Hall–Kier alpha value is -1.42. The van der Waals surface area contributed by atoms with Crippen LogP contribution in [0.2, 0.25) is 0 Å². The first kappa shape index (κ1) is 13.0. The van der Waals surface area contributed by atoms with E-state index in [9.17, 15) is 0 Å². The number of ether oxygens (including phenoxy) is 1. The van der Waals surface area contributed by atoms with E-state index in [0.717, 1.165) is 15.8 Å². The van der Waals surface area contributed by atoms with Gasteiger partial charge in [-0.2, -0.15) is 4.98 Å². The largest absolute Gasteiger partial charge is 0.439 e. The molecule has 0 N–H and O–H groups in total. The van der Waals surface area contributed by atoms with Gasteiger partial charge in [-0.15, -0.1) is 0 Å². The Balaban J connectivity index is 2.34. The topological polar surface area (TPSA) is 35.0 Å². The summed E-state index contributed by atoms with van der Waals surface area (Å²) >= 11 is 3.48. The van der Waals surface area contributed by atoms with Gasteiger partial charge in [-0.1, -0.05) is 29.8 Å². The van der Waals surface area contributed by atoms with Gasteiger partial charge in [0.05, 0.1) is 0 Å². The van der Waals surface area contributed by atoms with E-state index in [-0.39, 0.29) is 0 Å². The molecule has 2 rings (SSSR count).